The number of hydrogen-bond acceptors (Lipinski definition) is 2. The van der Waals surface area contributed by atoms with Gasteiger partial charge < -0.3 is 4.74 Å². The summed E-state index contributed by atoms with van der Waals surface area (Å²) in [6, 6.07) is 53.0. The molecule has 0 bridgehead atoms. The van der Waals surface area contributed by atoms with Crippen LogP contribution in [0.1, 0.15) is 31.9 Å². The third-order valence-electron chi connectivity index (χ3n) is 10.2. The smallest absolute Gasteiger partial charge is 0.268 e. The number of pyridine rings is 1. The van der Waals surface area contributed by atoms with Crippen LogP contribution >= 0.6 is 0 Å². The van der Waals surface area contributed by atoms with Gasteiger partial charge in [-0.25, -0.2) is 4.98 Å². The highest BCUT2D eigenvalue weighted by molar-refractivity contribution is 6.09. The fourth-order valence-corrected chi connectivity index (χ4v) is 7.26. The lowest BCUT2D eigenvalue weighted by Gasteiger charge is -2.20. The van der Waals surface area contributed by atoms with E-state index in [1.807, 2.05) is 29.1 Å². The lowest BCUT2D eigenvalue weighted by molar-refractivity contribution is -0.599. The molecule has 3 aromatic heterocycles. The highest BCUT2D eigenvalue weighted by atomic mass is 16.5. The Balaban J connectivity index is 1.13. The van der Waals surface area contributed by atoms with Gasteiger partial charge in [0.1, 0.15) is 17.3 Å². The maximum Gasteiger partial charge on any atom is 0.268 e. The van der Waals surface area contributed by atoms with Crippen LogP contribution in [-0.2, 0) is 5.41 Å². The Hall–Kier alpha value is -6.72. The molecule has 6 aromatic carbocycles. The maximum atomic E-state index is 6.78. The lowest BCUT2D eigenvalue weighted by atomic mass is 9.88. The van der Waals surface area contributed by atoms with Crippen LogP contribution in [0.4, 0.5) is 0 Å². The summed E-state index contributed by atoms with van der Waals surface area (Å²) in [6.45, 7) is 8.84. The molecule has 262 valence electrons. The van der Waals surface area contributed by atoms with Crippen LogP contribution in [0.25, 0.3) is 61.3 Å². The first kappa shape index (κ1) is 33.1. The highest BCUT2D eigenvalue weighted by Crippen LogP contribution is 2.37. The minimum absolute atomic E-state index is 0.00630. The fraction of sp³-hybridized carbons (Fsp3) is 0.102. The molecular formula is C49H40N4O. The van der Waals surface area contributed by atoms with E-state index in [0.29, 0.717) is 0 Å². The number of hydrogen-bond donors (Lipinski definition) is 0. The van der Waals surface area contributed by atoms with E-state index in [2.05, 4.69) is 189 Å². The van der Waals surface area contributed by atoms with Crippen LogP contribution in [-0.4, -0.2) is 14.1 Å². The third kappa shape index (κ3) is 6.24. The third-order valence-corrected chi connectivity index (χ3v) is 10.2. The van der Waals surface area contributed by atoms with Gasteiger partial charge in [0.2, 0.25) is 0 Å². The van der Waals surface area contributed by atoms with Crippen LogP contribution in [0.2, 0.25) is 0 Å². The monoisotopic (exact) mass is 700 g/mol. The largest absolute Gasteiger partial charge is 0.458 e. The summed E-state index contributed by atoms with van der Waals surface area (Å²) in [5, 5.41) is 2.33. The topological polar surface area (TPSA) is 35.9 Å². The van der Waals surface area contributed by atoms with E-state index < -0.39 is 0 Å². The molecule has 5 heteroatoms. The minimum atomic E-state index is -0.00630. The number of aromatic nitrogens is 4. The molecule has 0 saturated carbocycles. The molecule has 0 spiro atoms. The zero-order valence-corrected chi connectivity index (χ0v) is 30.9. The standard InChI is InChI=1S/C49H40N4O/c1-34-19-20-37(35-13-7-5-8-14-35)29-46(34)52-26-25-51(33-52)40-27-38(36-15-9-6-10-16-36)28-42(31-40)54-41-21-22-44-43-17-11-12-18-45(43)53(47(44)32-41)48-30-39(23-24-50-48)49(2,3)4/h5-32H,1-4H3. The predicted octanol–water partition coefficient (Wildman–Crippen LogP) is 11.8. The second kappa shape index (κ2) is 13.4. The average molecular weight is 701 g/mol. The van der Waals surface area contributed by atoms with Crippen molar-refractivity contribution in [3.63, 3.8) is 0 Å². The van der Waals surface area contributed by atoms with E-state index in [-0.39, 0.29) is 5.41 Å². The molecule has 0 saturated heterocycles. The Kier molecular flexibility index (Phi) is 8.20. The first-order valence-corrected chi connectivity index (χ1v) is 18.4. The minimum Gasteiger partial charge on any atom is -0.458 e. The molecule has 0 aliphatic carbocycles. The first-order valence-electron chi connectivity index (χ1n) is 18.4. The SMILES string of the molecule is Cc1ccc(-c2ccccc2)cc1-[n+]1[c-]n(-c2cc(Oc3ccc4c5ccccc5n(-c5cc(C(C)(C)C)ccn5)c4c3)cc(-c3ccccc3)c2)cc1. The second-order valence-electron chi connectivity index (χ2n) is 14.9. The van der Waals surface area contributed by atoms with Crippen LogP contribution < -0.4 is 9.30 Å². The second-order valence-corrected chi connectivity index (χ2v) is 14.9. The molecule has 3 heterocycles. The molecule has 9 aromatic rings. The number of rotatable bonds is 7. The van der Waals surface area contributed by atoms with E-state index in [1.54, 1.807) is 0 Å². The van der Waals surface area contributed by atoms with Crippen molar-refractivity contribution in [1.82, 2.24) is 14.1 Å². The Bertz CT molecular complexity index is 2790. The van der Waals surface area contributed by atoms with Gasteiger partial charge >= 0.3 is 0 Å². The Morgan fingerprint density at radius 1 is 0.611 bits per heavy atom. The van der Waals surface area contributed by atoms with Crippen molar-refractivity contribution in [1.29, 1.82) is 0 Å². The first-order chi connectivity index (χ1) is 26.3. The van der Waals surface area contributed by atoms with Crippen LogP contribution in [0, 0.1) is 13.3 Å². The number of ether oxygens (including phenoxy) is 1. The lowest BCUT2D eigenvalue weighted by Crippen LogP contribution is -2.29. The average Bonchev–Trinajstić information content (AvgIpc) is 3.82. The van der Waals surface area contributed by atoms with E-state index in [4.69, 9.17) is 9.72 Å². The Morgan fingerprint density at radius 2 is 1.33 bits per heavy atom. The van der Waals surface area contributed by atoms with Gasteiger partial charge in [-0.1, -0.05) is 112 Å². The molecule has 0 aliphatic heterocycles. The number of nitrogens with zero attached hydrogens (tertiary/aromatic N) is 4. The van der Waals surface area contributed by atoms with E-state index in [0.717, 1.165) is 56.2 Å². The van der Waals surface area contributed by atoms with Crippen molar-refractivity contribution in [2.45, 2.75) is 33.1 Å². The highest BCUT2D eigenvalue weighted by Gasteiger charge is 2.19. The summed E-state index contributed by atoms with van der Waals surface area (Å²) in [5.41, 5.74) is 11.1. The molecule has 0 N–H and O–H groups in total. The number of imidazole rings is 1. The van der Waals surface area contributed by atoms with Crippen LogP contribution in [0.5, 0.6) is 11.5 Å². The van der Waals surface area contributed by atoms with E-state index in [9.17, 15) is 0 Å². The zero-order valence-electron chi connectivity index (χ0n) is 30.9. The molecule has 5 nitrogen and oxygen atoms in total. The number of aryl methyl sites for hydroxylation is 1. The van der Waals surface area contributed by atoms with Crippen LogP contribution in [0.3, 0.4) is 0 Å². The van der Waals surface area contributed by atoms with Gasteiger partial charge in [0.25, 0.3) is 6.33 Å². The Morgan fingerprint density at radius 3 is 2.11 bits per heavy atom. The summed E-state index contributed by atoms with van der Waals surface area (Å²) < 4.78 is 13.1. The summed E-state index contributed by atoms with van der Waals surface area (Å²) in [6.07, 6.45) is 9.60. The van der Waals surface area contributed by atoms with Gasteiger partial charge in [0.05, 0.1) is 22.4 Å². The summed E-state index contributed by atoms with van der Waals surface area (Å²) in [7, 11) is 0. The van der Waals surface area contributed by atoms with Crippen molar-refractivity contribution >= 4 is 21.8 Å². The number of benzene rings is 6. The maximum absolute atomic E-state index is 6.78. The molecule has 0 amide bonds. The predicted molar refractivity (Wildman–Crippen MR) is 219 cm³/mol. The van der Waals surface area contributed by atoms with Crippen molar-refractivity contribution < 1.29 is 9.30 Å². The molecule has 0 unspecified atom stereocenters. The number of fused-ring (bicyclic) bond motifs is 3. The van der Waals surface area contributed by atoms with Crippen molar-refractivity contribution in [3.8, 4) is 50.9 Å². The molecule has 54 heavy (non-hydrogen) atoms. The van der Waals surface area contributed by atoms with E-state index >= 15 is 0 Å². The van der Waals surface area contributed by atoms with Crippen molar-refractivity contribution in [2.75, 3.05) is 0 Å². The summed E-state index contributed by atoms with van der Waals surface area (Å²) in [4.78, 5) is 4.86. The molecular weight excluding hydrogens is 661 g/mol. The van der Waals surface area contributed by atoms with Gasteiger partial charge in [-0.3, -0.25) is 13.7 Å². The summed E-state index contributed by atoms with van der Waals surface area (Å²) >= 11 is 0. The zero-order chi connectivity index (χ0) is 36.8. The van der Waals surface area contributed by atoms with E-state index in [1.165, 1.54) is 27.6 Å². The molecule has 0 atom stereocenters. The van der Waals surface area contributed by atoms with Crippen molar-refractivity contribution in [3.05, 3.63) is 188 Å². The molecule has 9 rings (SSSR count). The van der Waals surface area contributed by atoms with Crippen LogP contribution in [0.15, 0.2) is 170 Å². The Labute approximate surface area is 316 Å². The molecule has 0 fully saturated rings. The molecule has 0 radical (unpaired) electrons. The number of para-hydroxylation sites is 1. The quantitative estimate of drug-likeness (QED) is 0.123. The molecule has 0 aliphatic rings. The van der Waals surface area contributed by atoms with Gasteiger partial charge in [0, 0.05) is 35.4 Å². The summed E-state index contributed by atoms with van der Waals surface area (Å²) in [5.74, 6) is 2.37. The van der Waals surface area contributed by atoms with Crippen molar-refractivity contribution in [2.24, 2.45) is 0 Å². The normalized spacial score (nSPS) is 11.7. The fourth-order valence-electron chi connectivity index (χ4n) is 7.26. The van der Waals surface area contributed by atoms with Gasteiger partial charge in [0.15, 0.2) is 0 Å². The van der Waals surface area contributed by atoms with Gasteiger partial charge in [-0.05, 0) is 100 Å². The van der Waals surface area contributed by atoms with Gasteiger partial charge in [-0.15, -0.1) is 0 Å². The van der Waals surface area contributed by atoms with Gasteiger partial charge in [-0.2, -0.15) is 0 Å².